The van der Waals surface area contributed by atoms with Gasteiger partial charge in [-0.2, -0.15) is 26.3 Å². The number of rotatable bonds is 3. The van der Waals surface area contributed by atoms with Crippen molar-refractivity contribution in [3.8, 4) is 0 Å². The predicted octanol–water partition coefficient (Wildman–Crippen LogP) is 2.23. The van der Waals surface area contributed by atoms with Crippen molar-refractivity contribution in [3.63, 3.8) is 0 Å². The van der Waals surface area contributed by atoms with E-state index in [1.807, 2.05) is 0 Å². The van der Waals surface area contributed by atoms with Gasteiger partial charge in [-0.25, -0.2) is 4.79 Å². The molecule has 0 heterocycles. The zero-order valence-corrected chi connectivity index (χ0v) is 7.21. The molecule has 0 atom stereocenters. The van der Waals surface area contributed by atoms with Crippen molar-refractivity contribution >= 4 is 6.09 Å². The molecule has 0 radical (unpaired) electrons. The van der Waals surface area contributed by atoms with Crippen LogP contribution in [0.4, 0.5) is 31.1 Å². The largest absolute Gasteiger partial charge is 0.440 e. The maximum atomic E-state index is 11.5. The van der Waals surface area contributed by atoms with Crippen LogP contribution in [0.3, 0.4) is 0 Å². The summed E-state index contributed by atoms with van der Waals surface area (Å²) in [4.78, 5) is 10.4. The number of nitrogens with one attached hydrogen (secondary N) is 1. The highest BCUT2D eigenvalue weighted by atomic mass is 19.4. The fourth-order valence-corrected chi connectivity index (χ4v) is 0.505. The van der Waals surface area contributed by atoms with E-state index in [-0.39, 0.29) is 0 Å². The third-order valence-electron chi connectivity index (χ3n) is 1.04. The second-order valence-corrected chi connectivity index (χ2v) is 2.48. The summed E-state index contributed by atoms with van der Waals surface area (Å²) in [6, 6.07) is 0. The lowest BCUT2D eigenvalue weighted by atomic mass is 10.4. The van der Waals surface area contributed by atoms with E-state index in [4.69, 9.17) is 0 Å². The van der Waals surface area contributed by atoms with E-state index in [0.717, 1.165) is 0 Å². The molecule has 0 aliphatic rings. The monoisotopic (exact) mass is 239 g/mol. The molecule has 0 aromatic rings. The van der Waals surface area contributed by atoms with Gasteiger partial charge >= 0.3 is 18.4 Å². The Bertz CT molecular complexity index is 211. The van der Waals surface area contributed by atoms with Crippen molar-refractivity contribution in [2.75, 3.05) is 13.2 Å². The Labute approximate surface area is 80.4 Å². The summed E-state index contributed by atoms with van der Waals surface area (Å²) in [5.74, 6) is 0. The topological polar surface area (TPSA) is 38.3 Å². The molecule has 1 amide bonds. The molecule has 0 aliphatic heterocycles. The first-order valence-corrected chi connectivity index (χ1v) is 3.64. The summed E-state index contributed by atoms with van der Waals surface area (Å²) in [5, 5.41) is 1.53. The SMILES string of the molecule is O=C(NCCC(F)(F)F)OCC(F)(F)F. The molecule has 0 saturated carbocycles. The minimum Gasteiger partial charge on any atom is -0.440 e. The molecule has 0 rings (SSSR count). The van der Waals surface area contributed by atoms with E-state index in [1.54, 1.807) is 0 Å². The molecule has 3 nitrogen and oxygen atoms in total. The maximum Gasteiger partial charge on any atom is 0.422 e. The summed E-state index contributed by atoms with van der Waals surface area (Å²) < 4.78 is 72.4. The first kappa shape index (κ1) is 13.8. The number of carbonyl (C=O) groups excluding carboxylic acids is 1. The van der Waals surface area contributed by atoms with Crippen LogP contribution in [0, 0.1) is 0 Å². The molecular formula is C6H7F6NO2. The number of hydrogen-bond donors (Lipinski definition) is 1. The summed E-state index contributed by atoms with van der Waals surface area (Å²) in [7, 11) is 0. The van der Waals surface area contributed by atoms with Gasteiger partial charge in [-0.15, -0.1) is 0 Å². The highest BCUT2D eigenvalue weighted by Crippen LogP contribution is 2.18. The smallest absolute Gasteiger partial charge is 0.422 e. The minimum atomic E-state index is -4.69. The standard InChI is InChI=1S/C6H7F6NO2/c7-5(8,9)1-2-13-4(14)15-3-6(10,11)12/h1-3H2,(H,13,14). The van der Waals surface area contributed by atoms with Crippen LogP contribution < -0.4 is 5.32 Å². The average molecular weight is 239 g/mol. The summed E-state index contributed by atoms with van der Waals surface area (Å²) >= 11 is 0. The Morgan fingerprint density at radius 2 is 1.60 bits per heavy atom. The van der Waals surface area contributed by atoms with Crippen LogP contribution >= 0.6 is 0 Å². The lowest BCUT2D eigenvalue weighted by molar-refractivity contribution is -0.160. The highest BCUT2D eigenvalue weighted by molar-refractivity contribution is 5.67. The minimum absolute atomic E-state index is 0.819. The zero-order chi connectivity index (χ0) is 12.1. The fraction of sp³-hybridized carbons (Fsp3) is 0.833. The Morgan fingerprint density at radius 3 is 2.00 bits per heavy atom. The number of hydrogen-bond acceptors (Lipinski definition) is 2. The van der Waals surface area contributed by atoms with E-state index in [2.05, 4.69) is 4.74 Å². The van der Waals surface area contributed by atoms with E-state index >= 15 is 0 Å². The Hall–Kier alpha value is -1.15. The van der Waals surface area contributed by atoms with Gasteiger partial charge in [0.25, 0.3) is 0 Å². The van der Waals surface area contributed by atoms with Gasteiger partial charge < -0.3 is 10.1 Å². The van der Waals surface area contributed by atoms with Gasteiger partial charge in [-0.1, -0.05) is 0 Å². The molecule has 0 fully saturated rings. The first-order valence-electron chi connectivity index (χ1n) is 3.64. The van der Waals surface area contributed by atoms with E-state index < -0.39 is 38.0 Å². The van der Waals surface area contributed by atoms with Gasteiger partial charge in [0.2, 0.25) is 0 Å². The van der Waals surface area contributed by atoms with Gasteiger partial charge in [-0.05, 0) is 0 Å². The number of carbonyl (C=O) groups is 1. The molecule has 0 unspecified atom stereocenters. The van der Waals surface area contributed by atoms with Gasteiger partial charge in [-0.3, -0.25) is 0 Å². The van der Waals surface area contributed by atoms with Crippen LogP contribution in [0.1, 0.15) is 6.42 Å². The molecule has 15 heavy (non-hydrogen) atoms. The molecule has 0 aromatic carbocycles. The van der Waals surface area contributed by atoms with Gasteiger partial charge in [0.15, 0.2) is 6.61 Å². The van der Waals surface area contributed by atoms with Gasteiger partial charge in [0.05, 0.1) is 6.42 Å². The number of halogens is 6. The van der Waals surface area contributed by atoms with Crippen LogP contribution in [0.15, 0.2) is 0 Å². The average Bonchev–Trinajstić information content (AvgIpc) is 1.97. The number of alkyl carbamates (subject to hydrolysis) is 1. The number of amides is 1. The second kappa shape index (κ2) is 5.08. The molecule has 9 heteroatoms. The van der Waals surface area contributed by atoms with Crippen LogP contribution in [0.2, 0.25) is 0 Å². The lowest BCUT2D eigenvalue weighted by Crippen LogP contribution is -2.31. The molecular weight excluding hydrogens is 232 g/mol. The van der Waals surface area contributed by atoms with Crippen molar-refractivity contribution in [2.45, 2.75) is 18.8 Å². The predicted molar refractivity (Wildman–Crippen MR) is 36.1 cm³/mol. The van der Waals surface area contributed by atoms with Crippen molar-refractivity contribution in [1.29, 1.82) is 0 Å². The Morgan fingerprint density at radius 1 is 1.07 bits per heavy atom. The summed E-state index contributed by atoms with van der Waals surface area (Å²) in [6.07, 6.45) is -12.0. The molecule has 0 spiro atoms. The number of ether oxygens (including phenoxy) is 1. The van der Waals surface area contributed by atoms with E-state index in [0.29, 0.717) is 0 Å². The molecule has 0 saturated heterocycles. The Kier molecular flexibility index (Phi) is 4.69. The highest BCUT2D eigenvalue weighted by Gasteiger charge is 2.30. The Balaban J connectivity index is 3.60. The molecule has 1 N–H and O–H groups in total. The molecule has 90 valence electrons. The third kappa shape index (κ3) is 10.8. The first-order chi connectivity index (χ1) is 6.60. The molecule has 0 aliphatic carbocycles. The van der Waals surface area contributed by atoms with Crippen molar-refractivity contribution < 1.29 is 35.9 Å². The molecule has 0 aromatic heterocycles. The molecule has 0 bridgehead atoms. The van der Waals surface area contributed by atoms with Crippen LogP contribution in [0.5, 0.6) is 0 Å². The van der Waals surface area contributed by atoms with Gasteiger partial charge in [0, 0.05) is 6.54 Å². The van der Waals surface area contributed by atoms with Crippen LogP contribution in [-0.2, 0) is 4.74 Å². The summed E-state index contributed by atoms with van der Waals surface area (Å²) in [6.45, 7) is -2.65. The second-order valence-electron chi connectivity index (χ2n) is 2.48. The van der Waals surface area contributed by atoms with Gasteiger partial charge in [0.1, 0.15) is 0 Å². The third-order valence-corrected chi connectivity index (χ3v) is 1.04. The van der Waals surface area contributed by atoms with Crippen LogP contribution in [-0.4, -0.2) is 31.6 Å². The normalized spacial score (nSPS) is 12.4. The van der Waals surface area contributed by atoms with E-state index in [1.165, 1.54) is 5.32 Å². The quantitative estimate of drug-likeness (QED) is 0.767. The lowest BCUT2D eigenvalue weighted by Gasteiger charge is -2.09. The zero-order valence-electron chi connectivity index (χ0n) is 7.21. The van der Waals surface area contributed by atoms with Crippen molar-refractivity contribution in [2.24, 2.45) is 0 Å². The summed E-state index contributed by atoms with van der Waals surface area (Å²) in [5.41, 5.74) is 0. The van der Waals surface area contributed by atoms with Crippen molar-refractivity contribution in [3.05, 3.63) is 0 Å². The maximum absolute atomic E-state index is 11.5. The number of alkyl halides is 6. The van der Waals surface area contributed by atoms with Crippen LogP contribution in [0.25, 0.3) is 0 Å². The van der Waals surface area contributed by atoms with E-state index in [9.17, 15) is 31.1 Å². The van der Waals surface area contributed by atoms with Crippen molar-refractivity contribution in [1.82, 2.24) is 5.32 Å². The fourth-order valence-electron chi connectivity index (χ4n) is 0.505.